The molecule has 0 unspecified atom stereocenters. The Morgan fingerprint density at radius 2 is 1.71 bits per heavy atom. The summed E-state index contributed by atoms with van der Waals surface area (Å²) < 4.78 is 5.69. The molecule has 0 bridgehead atoms. The standard InChI is InChI=1S/C20H21Cl2N3O3/c1-13(2)10-23-19(26)20(27)25-24-11-14-6-8-15(9-7-14)28-12-16-17(21)4-3-5-18(16)22/h3-9,11,13H,10,12H2,1-2H3,(H,23,26)(H,25,27)/b24-11-. The normalized spacial score (nSPS) is 10.9. The highest BCUT2D eigenvalue weighted by Crippen LogP contribution is 2.25. The Balaban J connectivity index is 1.84. The van der Waals surface area contributed by atoms with E-state index in [2.05, 4.69) is 15.8 Å². The zero-order valence-corrected chi connectivity index (χ0v) is 17.1. The average Bonchev–Trinajstić information content (AvgIpc) is 2.66. The highest BCUT2D eigenvalue weighted by Gasteiger charge is 2.12. The Hall–Kier alpha value is -2.57. The molecule has 0 saturated carbocycles. The SMILES string of the molecule is CC(C)CNC(=O)C(=O)N/N=C\c1ccc(OCc2c(Cl)cccc2Cl)cc1. The van der Waals surface area contributed by atoms with E-state index in [1.807, 2.05) is 13.8 Å². The fraction of sp³-hybridized carbons (Fsp3) is 0.250. The summed E-state index contributed by atoms with van der Waals surface area (Å²) in [6.07, 6.45) is 1.43. The minimum Gasteiger partial charge on any atom is -0.489 e. The summed E-state index contributed by atoms with van der Waals surface area (Å²) in [5.41, 5.74) is 3.63. The van der Waals surface area contributed by atoms with Crippen molar-refractivity contribution >= 4 is 41.2 Å². The number of amides is 2. The third-order valence-corrected chi connectivity index (χ3v) is 4.29. The van der Waals surface area contributed by atoms with Crippen molar-refractivity contribution in [2.24, 2.45) is 11.0 Å². The van der Waals surface area contributed by atoms with Crippen LogP contribution in [-0.2, 0) is 16.2 Å². The Kier molecular flexibility index (Phi) is 8.29. The Morgan fingerprint density at radius 1 is 1.07 bits per heavy atom. The molecule has 0 aliphatic heterocycles. The number of nitrogens with zero attached hydrogens (tertiary/aromatic N) is 1. The van der Waals surface area contributed by atoms with Crippen LogP contribution in [0.5, 0.6) is 5.75 Å². The number of benzene rings is 2. The van der Waals surface area contributed by atoms with Crippen LogP contribution in [-0.4, -0.2) is 24.6 Å². The van der Waals surface area contributed by atoms with Gasteiger partial charge in [-0.3, -0.25) is 9.59 Å². The molecular formula is C20H21Cl2N3O3. The van der Waals surface area contributed by atoms with E-state index in [1.54, 1.807) is 42.5 Å². The van der Waals surface area contributed by atoms with Gasteiger partial charge in [-0.25, -0.2) is 5.43 Å². The van der Waals surface area contributed by atoms with E-state index in [1.165, 1.54) is 6.21 Å². The highest BCUT2D eigenvalue weighted by molar-refractivity contribution is 6.36. The van der Waals surface area contributed by atoms with Crippen molar-refractivity contribution in [1.29, 1.82) is 0 Å². The summed E-state index contributed by atoms with van der Waals surface area (Å²) in [7, 11) is 0. The van der Waals surface area contributed by atoms with Crippen LogP contribution in [0.25, 0.3) is 0 Å². The summed E-state index contributed by atoms with van der Waals surface area (Å²) >= 11 is 12.2. The van der Waals surface area contributed by atoms with Crippen LogP contribution >= 0.6 is 23.2 Å². The second-order valence-electron chi connectivity index (χ2n) is 6.36. The van der Waals surface area contributed by atoms with E-state index in [0.29, 0.717) is 22.3 Å². The number of hydrogen-bond donors (Lipinski definition) is 2. The lowest BCUT2D eigenvalue weighted by Crippen LogP contribution is -2.39. The van der Waals surface area contributed by atoms with Crippen molar-refractivity contribution in [1.82, 2.24) is 10.7 Å². The van der Waals surface area contributed by atoms with Gasteiger partial charge in [0, 0.05) is 22.2 Å². The number of hydrogen-bond acceptors (Lipinski definition) is 4. The molecule has 0 spiro atoms. The number of carbonyl (C=O) groups excluding carboxylic acids is 2. The molecule has 2 rings (SSSR count). The summed E-state index contributed by atoms with van der Waals surface area (Å²) in [5.74, 6) is -0.638. The molecule has 0 aliphatic rings. The lowest BCUT2D eigenvalue weighted by atomic mass is 10.2. The van der Waals surface area contributed by atoms with Gasteiger partial charge >= 0.3 is 11.8 Å². The van der Waals surface area contributed by atoms with E-state index in [0.717, 1.165) is 11.1 Å². The largest absolute Gasteiger partial charge is 0.489 e. The number of nitrogens with one attached hydrogen (secondary N) is 2. The first-order valence-electron chi connectivity index (χ1n) is 8.63. The molecule has 0 aliphatic carbocycles. The summed E-state index contributed by atoms with van der Waals surface area (Å²) in [5, 5.41) is 7.38. The zero-order chi connectivity index (χ0) is 20.5. The Labute approximate surface area is 173 Å². The maximum Gasteiger partial charge on any atom is 0.329 e. The zero-order valence-electron chi connectivity index (χ0n) is 15.5. The smallest absolute Gasteiger partial charge is 0.329 e. The van der Waals surface area contributed by atoms with E-state index in [4.69, 9.17) is 27.9 Å². The predicted molar refractivity (Wildman–Crippen MR) is 111 cm³/mol. The molecule has 148 valence electrons. The molecule has 0 aromatic heterocycles. The van der Waals surface area contributed by atoms with Gasteiger partial charge in [-0.05, 0) is 47.9 Å². The summed E-state index contributed by atoms with van der Waals surface area (Å²) in [6, 6.07) is 12.3. The topological polar surface area (TPSA) is 79.8 Å². The minimum atomic E-state index is -0.812. The van der Waals surface area contributed by atoms with E-state index in [9.17, 15) is 9.59 Å². The number of halogens is 2. The Bertz CT molecular complexity index is 832. The van der Waals surface area contributed by atoms with Gasteiger partial charge in [-0.1, -0.05) is 43.1 Å². The molecule has 2 aromatic rings. The van der Waals surface area contributed by atoms with Crippen molar-refractivity contribution in [3.05, 3.63) is 63.6 Å². The molecule has 0 radical (unpaired) electrons. The monoisotopic (exact) mass is 421 g/mol. The summed E-state index contributed by atoms with van der Waals surface area (Å²) in [4.78, 5) is 23.1. The van der Waals surface area contributed by atoms with Gasteiger partial charge in [0.1, 0.15) is 12.4 Å². The van der Waals surface area contributed by atoms with Gasteiger partial charge in [0.15, 0.2) is 0 Å². The van der Waals surface area contributed by atoms with Crippen molar-refractivity contribution in [2.75, 3.05) is 6.54 Å². The second-order valence-corrected chi connectivity index (χ2v) is 7.18. The van der Waals surface area contributed by atoms with Crippen LogP contribution in [0.4, 0.5) is 0 Å². The van der Waals surface area contributed by atoms with Gasteiger partial charge in [-0.15, -0.1) is 0 Å². The highest BCUT2D eigenvalue weighted by atomic mass is 35.5. The molecular weight excluding hydrogens is 401 g/mol. The lowest BCUT2D eigenvalue weighted by molar-refractivity contribution is -0.139. The van der Waals surface area contributed by atoms with Gasteiger partial charge < -0.3 is 10.1 Å². The van der Waals surface area contributed by atoms with Crippen LogP contribution in [0.2, 0.25) is 10.0 Å². The second kappa shape index (κ2) is 10.7. The third kappa shape index (κ3) is 6.87. The van der Waals surface area contributed by atoms with Crippen LogP contribution in [0, 0.1) is 5.92 Å². The third-order valence-electron chi connectivity index (χ3n) is 3.58. The van der Waals surface area contributed by atoms with Gasteiger partial charge in [0.25, 0.3) is 0 Å². The number of hydrazone groups is 1. The average molecular weight is 422 g/mol. The van der Waals surface area contributed by atoms with Crippen LogP contribution < -0.4 is 15.5 Å². The van der Waals surface area contributed by atoms with Crippen LogP contribution in [0.1, 0.15) is 25.0 Å². The van der Waals surface area contributed by atoms with Crippen molar-refractivity contribution in [3.63, 3.8) is 0 Å². The van der Waals surface area contributed by atoms with Crippen molar-refractivity contribution in [2.45, 2.75) is 20.5 Å². The van der Waals surface area contributed by atoms with E-state index in [-0.39, 0.29) is 12.5 Å². The molecule has 0 heterocycles. The van der Waals surface area contributed by atoms with E-state index >= 15 is 0 Å². The first-order chi connectivity index (χ1) is 13.4. The first-order valence-corrected chi connectivity index (χ1v) is 9.39. The number of rotatable bonds is 7. The summed E-state index contributed by atoms with van der Waals surface area (Å²) in [6.45, 7) is 4.55. The number of carbonyl (C=O) groups is 2. The number of ether oxygens (including phenoxy) is 1. The molecule has 2 aromatic carbocycles. The molecule has 2 amide bonds. The van der Waals surface area contributed by atoms with Gasteiger partial charge in [0.05, 0.1) is 6.21 Å². The van der Waals surface area contributed by atoms with Crippen LogP contribution in [0.3, 0.4) is 0 Å². The van der Waals surface area contributed by atoms with Gasteiger partial charge in [-0.2, -0.15) is 5.10 Å². The quantitative estimate of drug-likeness (QED) is 0.405. The Morgan fingerprint density at radius 3 is 2.32 bits per heavy atom. The fourth-order valence-corrected chi connectivity index (χ4v) is 2.58. The molecule has 0 fully saturated rings. The first kappa shape index (κ1) is 21.7. The maximum atomic E-state index is 11.6. The molecule has 6 nitrogen and oxygen atoms in total. The van der Waals surface area contributed by atoms with Crippen molar-refractivity contribution in [3.8, 4) is 5.75 Å². The van der Waals surface area contributed by atoms with E-state index < -0.39 is 11.8 Å². The van der Waals surface area contributed by atoms with Crippen LogP contribution in [0.15, 0.2) is 47.6 Å². The predicted octanol–water partition coefficient (Wildman–Crippen LogP) is 3.79. The fourth-order valence-electron chi connectivity index (χ4n) is 2.07. The minimum absolute atomic E-state index is 0.244. The van der Waals surface area contributed by atoms with Gasteiger partial charge in [0.2, 0.25) is 0 Å². The van der Waals surface area contributed by atoms with Crippen molar-refractivity contribution < 1.29 is 14.3 Å². The lowest BCUT2D eigenvalue weighted by Gasteiger charge is -2.09. The maximum absolute atomic E-state index is 11.6. The molecule has 2 N–H and O–H groups in total. The molecule has 28 heavy (non-hydrogen) atoms. The molecule has 0 atom stereocenters. The molecule has 0 saturated heterocycles. The molecule has 8 heteroatoms.